The number of nitrogens with one attached hydrogen (secondary N) is 1. The van der Waals surface area contributed by atoms with E-state index < -0.39 is 5.60 Å². The van der Waals surface area contributed by atoms with Crippen molar-refractivity contribution in [3.05, 3.63) is 30.1 Å². The van der Waals surface area contributed by atoms with Crippen molar-refractivity contribution in [2.45, 2.75) is 39.3 Å². The maximum atomic E-state index is 12.8. The fourth-order valence-electron chi connectivity index (χ4n) is 1.89. The molecule has 6 heteroatoms. The molecule has 2 amide bonds. The molecule has 0 heterocycles. The molecule has 22 heavy (non-hydrogen) atoms. The number of hydrogen-bond donors (Lipinski definition) is 2. The number of ether oxygens (including phenoxy) is 1. The Morgan fingerprint density at radius 2 is 2.00 bits per heavy atom. The van der Waals surface area contributed by atoms with Gasteiger partial charge in [-0.25, -0.2) is 9.18 Å². The van der Waals surface area contributed by atoms with Crippen LogP contribution in [0.3, 0.4) is 0 Å². The largest absolute Gasteiger partial charge is 0.491 e. The Kier molecular flexibility index (Phi) is 6.61. The van der Waals surface area contributed by atoms with Gasteiger partial charge in [-0.05, 0) is 52.0 Å². The van der Waals surface area contributed by atoms with Crippen LogP contribution in [0.5, 0.6) is 5.75 Å². The summed E-state index contributed by atoms with van der Waals surface area (Å²) < 4.78 is 18.3. The molecule has 5 nitrogen and oxygen atoms in total. The molecule has 0 aromatic heterocycles. The van der Waals surface area contributed by atoms with Gasteiger partial charge in [0, 0.05) is 6.54 Å². The second-order valence-corrected chi connectivity index (χ2v) is 5.94. The van der Waals surface area contributed by atoms with E-state index in [1.54, 1.807) is 13.8 Å². The zero-order valence-electron chi connectivity index (χ0n) is 13.6. The maximum Gasteiger partial charge on any atom is 0.317 e. The number of likely N-dealkylation sites (N-methyl/N-ethyl adjacent to an activating group) is 1. The van der Waals surface area contributed by atoms with Gasteiger partial charge in [0.1, 0.15) is 18.2 Å². The second kappa shape index (κ2) is 7.98. The van der Waals surface area contributed by atoms with E-state index in [1.807, 2.05) is 13.8 Å². The minimum absolute atomic E-state index is 0.214. The molecule has 0 saturated heterocycles. The first-order valence-corrected chi connectivity index (χ1v) is 7.37. The number of aliphatic hydroxyl groups is 1. The number of carbonyl (C=O) groups is 1. The van der Waals surface area contributed by atoms with Crippen LogP contribution < -0.4 is 10.1 Å². The Balaban J connectivity index is 2.44. The summed E-state index contributed by atoms with van der Waals surface area (Å²) in [6, 6.07) is 5.25. The molecule has 0 spiro atoms. The molecule has 124 valence electrons. The third-order valence-electron chi connectivity index (χ3n) is 2.93. The van der Waals surface area contributed by atoms with E-state index in [0.717, 1.165) is 0 Å². The van der Waals surface area contributed by atoms with Crippen LogP contribution in [0.2, 0.25) is 0 Å². The first-order chi connectivity index (χ1) is 10.2. The van der Waals surface area contributed by atoms with Gasteiger partial charge in [0.2, 0.25) is 0 Å². The molecule has 0 aliphatic carbocycles. The molecule has 2 N–H and O–H groups in total. The van der Waals surface area contributed by atoms with Crippen molar-refractivity contribution in [2.24, 2.45) is 0 Å². The average molecular weight is 312 g/mol. The van der Waals surface area contributed by atoms with Gasteiger partial charge >= 0.3 is 6.03 Å². The molecule has 0 aliphatic rings. The Morgan fingerprint density at radius 1 is 1.41 bits per heavy atom. The van der Waals surface area contributed by atoms with Crippen molar-refractivity contribution in [3.8, 4) is 5.75 Å². The maximum absolute atomic E-state index is 12.8. The fraction of sp³-hybridized carbons (Fsp3) is 0.562. The molecule has 0 fully saturated rings. The van der Waals surface area contributed by atoms with Crippen LogP contribution in [0, 0.1) is 5.82 Å². The number of halogens is 1. The molecule has 1 rings (SSSR count). The number of rotatable bonds is 7. The van der Waals surface area contributed by atoms with Crippen molar-refractivity contribution in [1.82, 2.24) is 10.2 Å². The lowest BCUT2D eigenvalue weighted by Crippen LogP contribution is -2.50. The SMILES string of the molecule is CCN(CC(C)(C)O)C(=O)NC(C)COc1ccc(F)cc1. The van der Waals surface area contributed by atoms with E-state index in [-0.39, 0.29) is 31.0 Å². The predicted octanol–water partition coefficient (Wildman–Crippen LogP) is 2.40. The van der Waals surface area contributed by atoms with Gasteiger partial charge in [0.05, 0.1) is 18.2 Å². The van der Waals surface area contributed by atoms with E-state index in [1.165, 1.54) is 29.2 Å². The molecular weight excluding hydrogens is 287 g/mol. The zero-order chi connectivity index (χ0) is 16.8. The average Bonchev–Trinajstić information content (AvgIpc) is 2.43. The highest BCUT2D eigenvalue weighted by Crippen LogP contribution is 2.11. The smallest absolute Gasteiger partial charge is 0.317 e. The molecule has 1 aromatic carbocycles. The number of benzene rings is 1. The number of nitrogens with zero attached hydrogens (tertiary/aromatic N) is 1. The first kappa shape index (κ1) is 18.2. The van der Waals surface area contributed by atoms with Crippen molar-refractivity contribution in [1.29, 1.82) is 0 Å². The van der Waals surface area contributed by atoms with Gasteiger partial charge in [-0.15, -0.1) is 0 Å². The lowest BCUT2D eigenvalue weighted by Gasteiger charge is -2.29. The third-order valence-corrected chi connectivity index (χ3v) is 2.93. The van der Waals surface area contributed by atoms with Gasteiger partial charge < -0.3 is 20.1 Å². The van der Waals surface area contributed by atoms with E-state index in [9.17, 15) is 14.3 Å². The summed E-state index contributed by atoms with van der Waals surface area (Å²) in [6.45, 7) is 8.01. The monoisotopic (exact) mass is 312 g/mol. The van der Waals surface area contributed by atoms with E-state index in [4.69, 9.17) is 4.74 Å². The van der Waals surface area contributed by atoms with Crippen molar-refractivity contribution < 1.29 is 19.0 Å². The number of carbonyl (C=O) groups excluding carboxylic acids is 1. The van der Waals surface area contributed by atoms with Crippen LogP contribution in [0.15, 0.2) is 24.3 Å². The molecule has 0 aliphatic heterocycles. The van der Waals surface area contributed by atoms with Crippen LogP contribution in [0.4, 0.5) is 9.18 Å². The van der Waals surface area contributed by atoms with E-state index in [0.29, 0.717) is 12.3 Å². The lowest BCUT2D eigenvalue weighted by atomic mass is 10.1. The molecule has 0 radical (unpaired) electrons. The number of hydrogen-bond acceptors (Lipinski definition) is 3. The summed E-state index contributed by atoms with van der Waals surface area (Å²) in [4.78, 5) is 13.7. The highest BCUT2D eigenvalue weighted by molar-refractivity contribution is 5.74. The fourth-order valence-corrected chi connectivity index (χ4v) is 1.89. The first-order valence-electron chi connectivity index (χ1n) is 7.37. The molecule has 1 aromatic rings. The molecular formula is C16H25FN2O3. The Bertz CT molecular complexity index is 471. The standard InChI is InChI=1S/C16H25FN2O3/c1-5-19(11-16(3,4)21)15(20)18-12(2)10-22-14-8-6-13(17)7-9-14/h6-9,12,21H,5,10-11H2,1-4H3,(H,18,20). The minimum Gasteiger partial charge on any atom is -0.491 e. The van der Waals surface area contributed by atoms with Gasteiger partial charge in [-0.2, -0.15) is 0 Å². The highest BCUT2D eigenvalue weighted by atomic mass is 19.1. The summed E-state index contributed by atoms with van der Waals surface area (Å²) in [7, 11) is 0. The molecule has 1 atom stereocenters. The predicted molar refractivity (Wildman–Crippen MR) is 83.4 cm³/mol. The van der Waals surface area contributed by atoms with E-state index >= 15 is 0 Å². The summed E-state index contributed by atoms with van der Waals surface area (Å²) in [5.74, 6) is 0.227. The van der Waals surface area contributed by atoms with Gasteiger partial charge in [-0.1, -0.05) is 0 Å². The summed E-state index contributed by atoms with van der Waals surface area (Å²) in [5, 5.41) is 12.6. The van der Waals surface area contributed by atoms with Crippen LogP contribution in [0.25, 0.3) is 0 Å². The Morgan fingerprint density at radius 3 is 2.50 bits per heavy atom. The quantitative estimate of drug-likeness (QED) is 0.812. The Labute approximate surface area is 131 Å². The van der Waals surface area contributed by atoms with Gasteiger partial charge in [0.15, 0.2) is 0 Å². The second-order valence-electron chi connectivity index (χ2n) is 5.94. The van der Waals surface area contributed by atoms with Gasteiger partial charge in [0.25, 0.3) is 0 Å². The van der Waals surface area contributed by atoms with Crippen LogP contribution >= 0.6 is 0 Å². The zero-order valence-corrected chi connectivity index (χ0v) is 13.6. The summed E-state index contributed by atoms with van der Waals surface area (Å²) in [6.07, 6.45) is 0. The summed E-state index contributed by atoms with van der Waals surface area (Å²) in [5.41, 5.74) is -0.943. The highest BCUT2D eigenvalue weighted by Gasteiger charge is 2.22. The van der Waals surface area contributed by atoms with Gasteiger partial charge in [-0.3, -0.25) is 0 Å². The minimum atomic E-state index is -0.943. The molecule has 0 saturated carbocycles. The van der Waals surface area contributed by atoms with E-state index in [2.05, 4.69) is 5.32 Å². The number of urea groups is 1. The topological polar surface area (TPSA) is 61.8 Å². The third kappa shape index (κ3) is 6.76. The lowest BCUT2D eigenvalue weighted by molar-refractivity contribution is 0.0474. The van der Waals surface area contributed by atoms with Crippen LogP contribution in [-0.4, -0.2) is 47.4 Å². The van der Waals surface area contributed by atoms with Crippen molar-refractivity contribution in [2.75, 3.05) is 19.7 Å². The molecule has 0 bridgehead atoms. The molecule has 1 unspecified atom stereocenters. The number of amides is 2. The van der Waals surface area contributed by atoms with Crippen LogP contribution in [-0.2, 0) is 0 Å². The van der Waals surface area contributed by atoms with Crippen molar-refractivity contribution in [3.63, 3.8) is 0 Å². The normalized spacial score (nSPS) is 12.6. The summed E-state index contributed by atoms with van der Waals surface area (Å²) >= 11 is 0. The van der Waals surface area contributed by atoms with Crippen LogP contribution in [0.1, 0.15) is 27.7 Å². The Hall–Kier alpha value is -1.82. The van der Waals surface area contributed by atoms with Crippen molar-refractivity contribution >= 4 is 6.03 Å².